The summed E-state index contributed by atoms with van der Waals surface area (Å²) in [5.74, 6) is 3.26. The number of aliphatic imine (C=N–C) groups is 1. The lowest BCUT2D eigenvalue weighted by Gasteiger charge is -2.29. The third-order valence-electron chi connectivity index (χ3n) is 4.78. The normalized spacial score (nSPS) is 15.4. The average molecular weight is 414 g/mol. The van der Waals surface area contributed by atoms with Gasteiger partial charge in [0.1, 0.15) is 23.4 Å². The van der Waals surface area contributed by atoms with Crippen LogP contribution in [0, 0.1) is 0 Å². The van der Waals surface area contributed by atoms with Gasteiger partial charge in [-0.3, -0.25) is 4.99 Å². The summed E-state index contributed by atoms with van der Waals surface area (Å²) in [6.07, 6.45) is 1.79. The fourth-order valence-corrected chi connectivity index (χ4v) is 3.22. The number of aromatic nitrogens is 1. The van der Waals surface area contributed by atoms with Gasteiger partial charge in [-0.2, -0.15) is 0 Å². The lowest BCUT2D eigenvalue weighted by atomic mass is 10.2. The van der Waals surface area contributed by atoms with Gasteiger partial charge in [-0.1, -0.05) is 12.1 Å². The van der Waals surface area contributed by atoms with Crippen molar-refractivity contribution in [2.24, 2.45) is 4.99 Å². The SMILES string of the molecule is CN=C(NCc1cccnc1N1CCOCC1)NCC(C)Oc1cccc(OC)c1. The zero-order valence-electron chi connectivity index (χ0n) is 17.9. The van der Waals surface area contributed by atoms with Crippen LogP contribution in [0.4, 0.5) is 5.82 Å². The predicted molar refractivity (Wildman–Crippen MR) is 119 cm³/mol. The van der Waals surface area contributed by atoms with Crippen molar-refractivity contribution in [3.8, 4) is 11.5 Å². The third-order valence-corrected chi connectivity index (χ3v) is 4.78. The molecule has 1 unspecified atom stereocenters. The van der Waals surface area contributed by atoms with Gasteiger partial charge in [0.05, 0.1) is 26.9 Å². The molecule has 162 valence electrons. The number of anilines is 1. The molecule has 2 aromatic rings. The maximum Gasteiger partial charge on any atom is 0.191 e. The number of nitrogens with zero attached hydrogens (tertiary/aromatic N) is 3. The Kier molecular flexibility index (Phi) is 8.14. The number of hydrogen-bond acceptors (Lipinski definition) is 6. The molecular weight excluding hydrogens is 382 g/mol. The summed E-state index contributed by atoms with van der Waals surface area (Å²) < 4.78 is 16.7. The van der Waals surface area contributed by atoms with E-state index in [0.29, 0.717) is 19.0 Å². The number of guanidine groups is 1. The van der Waals surface area contributed by atoms with E-state index in [9.17, 15) is 0 Å². The molecule has 2 heterocycles. The van der Waals surface area contributed by atoms with Crippen molar-refractivity contribution in [3.63, 3.8) is 0 Å². The molecule has 0 amide bonds. The third kappa shape index (κ3) is 6.25. The van der Waals surface area contributed by atoms with E-state index in [1.165, 1.54) is 0 Å². The Morgan fingerprint density at radius 1 is 1.20 bits per heavy atom. The topological polar surface area (TPSA) is 80.2 Å². The summed E-state index contributed by atoms with van der Waals surface area (Å²) in [5.41, 5.74) is 1.13. The Labute approximate surface area is 178 Å². The van der Waals surface area contributed by atoms with Gasteiger partial charge < -0.3 is 29.7 Å². The van der Waals surface area contributed by atoms with E-state index in [-0.39, 0.29) is 6.10 Å². The summed E-state index contributed by atoms with van der Waals surface area (Å²) in [7, 11) is 3.40. The highest BCUT2D eigenvalue weighted by atomic mass is 16.5. The fraction of sp³-hybridized carbons (Fsp3) is 0.455. The number of methoxy groups -OCH3 is 1. The van der Waals surface area contributed by atoms with Crippen molar-refractivity contribution in [2.45, 2.75) is 19.6 Å². The van der Waals surface area contributed by atoms with Crippen molar-refractivity contribution in [1.82, 2.24) is 15.6 Å². The maximum atomic E-state index is 5.96. The van der Waals surface area contributed by atoms with Crippen LogP contribution in [-0.2, 0) is 11.3 Å². The number of morpholine rings is 1. The number of rotatable bonds is 8. The van der Waals surface area contributed by atoms with Crippen molar-refractivity contribution < 1.29 is 14.2 Å². The first-order valence-corrected chi connectivity index (χ1v) is 10.2. The van der Waals surface area contributed by atoms with Gasteiger partial charge in [0.25, 0.3) is 0 Å². The van der Waals surface area contributed by atoms with Gasteiger partial charge in [0, 0.05) is 44.5 Å². The van der Waals surface area contributed by atoms with Gasteiger partial charge >= 0.3 is 0 Å². The Bertz CT molecular complexity index is 824. The van der Waals surface area contributed by atoms with Gasteiger partial charge in [-0.15, -0.1) is 0 Å². The van der Waals surface area contributed by atoms with Crippen LogP contribution in [0.2, 0.25) is 0 Å². The van der Waals surface area contributed by atoms with Crippen molar-refractivity contribution >= 4 is 11.8 Å². The second-order valence-corrected chi connectivity index (χ2v) is 7.00. The number of benzene rings is 1. The molecule has 1 aliphatic heterocycles. The Balaban J connectivity index is 1.50. The van der Waals surface area contributed by atoms with Crippen molar-refractivity contribution in [1.29, 1.82) is 0 Å². The first-order chi connectivity index (χ1) is 14.7. The molecule has 1 atom stereocenters. The molecule has 8 nitrogen and oxygen atoms in total. The van der Waals surface area contributed by atoms with E-state index in [1.54, 1.807) is 14.2 Å². The highest BCUT2D eigenvalue weighted by Gasteiger charge is 2.16. The van der Waals surface area contributed by atoms with Crippen LogP contribution < -0.4 is 25.0 Å². The molecule has 0 aliphatic carbocycles. The molecule has 3 rings (SSSR count). The molecule has 1 aliphatic rings. The molecule has 2 N–H and O–H groups in total. The lowest BCUT2D eigenvalue weighted by molar-refractivity contribution is 0.122. The van der Waals surface area contributed by atoms with Crippen LogP contribution >= 0.6 is 0 Å². The molecule has 8 heteroatoms. The molecule has 0 spiro atoms. The van der Waals surface area contributed by atoms with Gasteiger partial charge in [0.15, 0.2) is 5.96 Å². The van der Waals surface area contributed by atoms with Crippen LogP contribution in [0.5, 0.6) is 11.5 Å². The highest BCUT2D eigenvalue weighted by Crippen LogP contribution is 2.20. The predicted octanol–water partition coefficient (Wildman–Crippen LogP) is 2.06. The minimum atomic E-state index is -0.0436. The van der Waals surface area contributed by atoms with Crippen LogP contribution in [0.25, 0.3) is 0 Å². The van der Waals surface area contributed by atoms with Crippen LogP contribution in [0.15, 0.2) is 47.6 Å². The van der Waals surface area contributed by atoms with Gasteiger partial charge in [-0.25, -0.2) is 4.98 Å². The second-order valence-electron chi connectivity index (χ2n) is 7.00. The smallest absolute Gasteiger partial charge is 0.191 e. The summed E-state index contributed by atoms with van der Waals surface area (Å²) in [6.45, 7) is 6.44. The Morgan fingerprint density at radius 3 is 2.77 bits per heavy atom. The molecule has 1 fully saturated rings. The minimum Gasteiger partial charge on any atom is -0.497 e. The monoisotopic (exact) mass is 413 g/mol. The van der Waals surface area contributed by atoms with Crippen LogP contribution in [0.1, 0.15) is 12.5 Å². The quantitative estimate of drug-likeness (QED) is 0.506. The molecular formula is C22H31N5O3. The minimum absolute atomic E-state index is 0.0436. The van der Waals surface area contributed by atoms with Crippen molar-refractivity contribution in [3.05, 3.63) is 48.2 Å². The lowest BCUT2D eigenvalue weighted by Crippen LogP contribution is -2.42. The summed E-state index contributed by atoms with van der Waals surface area (Å²) in [4.78, 5) is 11.2. The van der Waals surface area contributed by atoms with E-state index >= 15 is 0 Å². The fourth-order valence-electron chi connectivity index (χ4n) is 3.22. The Morgan fingerprint density at radius 2 is 2.00 bits per heavy atom. The average Bonchev–Trinajstić information content (AvgIpc) is 2.80. The van der Waals surface area contributed by atoms with Gasteiger partial charge in [0.2, 0.25) is 0 Å². The van der Waals surface area contributed by atoms with E-state index in [2.05, 4.69) is 31.6 Å². The molecule has 0 radical (unpaired) electrons. The van der Waals surface area contributed by atoms with E-state index in [1.807, 2.05) is 43.5 Å². The second kappa shape index (κ2) is 11.3. The standard InChI is InChI=1S/C22H31N5O3/c1-17(30-20-8-4-7-19(14-20)28-3)15-25-22(23-2)26-16-18-6-5-9-24-21(18)27-10-12-29-13-11-27/h4-9,14,17H,10-13,15-16H2,1-3H3,(H2,23,25,26). The first-order valence-electron chi connectivity index (χ1n) is 10.2. The van der Waals surface area contributed by atoms with Crippen LogP contribution in [0.3, 0.4) is 0 Å². The number of pyridine rings is 1. The summed E-state index contributed by atoms with van der Waals surface area (Å²) >= 11 is 0. The summed E-state index contributed by atoms with van der Waals surface area (Å²) in [6, 6.07) is 11.6. The first kappa shape index (κ1) is 21.7. The molecule has 1 aromatic heterocycles. The van der Waals surface area contributed by atoms with Crippen molar-refractivity contribution in [2.75, 3.05) is 51.9 Å². The number of nitrogens with one attached hydrogen (secondary N) is 2. The molecule has 0 bridgehead atoms. The van der Waals surface area contributed by atoms with Gasteiger partial charge in [-0.05, 0) is 25.1 Å². The zero-order chi connectivity index (χ0) is 21.2. The molecule has 1 aromatic carbocycles. The highest BCUT2D eigenvalue weighted by molar-refractivity contribution is 5.79. The number of ether oxygens (including phenoxy) is 3. The maximum absolute atomic E-state index is 5.96. The zero-order valence-corrected chi connectivity index (χ0v) is 17.9. The molecule has 1 saturated heterocycles. The molecule has 0 saturated carbocycles. The summed E-state index contributed by atoms with van der Waals surface area (Å²) in [5, 5.41) is 6.68. The van der Waals surface area contributed by atoms with E-state index < -0.39 is 0 Å². The van der Waals surface area contributed by atoms with E-state index in [4.69, 9.17) is 14.2 Å². The van der Waals surface area contributed by atoms with Crippen LogP contribution in [-0.4, -0.2) is 64.1 Å². The molecule has 30 heavy (non-hydrogen) atoms. The number of hydrogen-bond donors (Lipinski definition) is 2. The largest absolute Gasteiger partial charge is 0.497 e. The Hall–Kier alpha value is -3.00. The van der Waals surface area contributed by atoms with E-state index in [0.717, 1.165) is 49.2 Å².